The lowest BCUT2D eigenvalue weighted by Crippen LogP contribution is -2.04. The fourth-order valence-corrected chi connectivity index (χ4v) is 2.30. The molecular weight excluding hydrogens is 279 g/mol. The Morgan fingerprint density at radius 2 is 2.10 bits per heavy atom. The first-order chi connectivity index (χ1) is 9.61. The van der Waals surface area contributed by atoms with Crippen LogP contribution in [-0.4, -0.2) is 9.55 Å². The van der Waals surface area contributed by atoms with E-state index in [1.54, 1.807) is 24.3 Å². The van der Waals surface area contributed by atoms with E-state index in [0.29, 0.717) is 21.7 Å². The van der Waals surface area contributed by atoms with Gasteiger partial charge in [0.1, 0.15) is 17.4 Å². The second-order valence-electron chi connectivity index (χ2n) is 4.18. The summed E-state index contributed by atoms with van der Waals surface area (Å²) >= 11 is 5.97. The maximum Gasteiger partial charge on any atom is 0.205 e. The van der Waals surface area contributed by atoms with Gasteiger partial charge in [-0.25, -0.2) is 9.37 Å². The number of hydrogen-bond donors (Lipinski definition) is 1. The molecule has 0 unspecified atom stereocenters. The Morgan fingerprint density at radius 1 is 1.30 bits per heavy atom. The van der Waals surface area contributed by atoms with Crippen molar-refractivity contribution in [2.75, 3.05) is 5.73 Å². The molecule has 0 amide bonds. The summed E-state index contributed by atoms with van der Waals surface area (Å²) in [5.74, 6) is -0.433. The number of nitrogens with zero attached hydrogens (tertiary/aromatic N) is 3. The summed E-state index contributed by atoms with van der Waals surface area (Å²) in [6, 6.07) is 11.3. The summed E-state index contributed by atoms with van der Waals surface area (Å²) < 4.78 is 15.2. The molecule has 0 bridgehead atoms. The Labute approximate surface area is 118 Å². The van der Waals surface area contributed by atoms with Gasteiger partial charge in [-0.05, 0) is 30.3 Å². The summed E-state index contributed by atoms with van der Waals surface area (Å²) in [5, 5.41) is 9.63. The van der Waals surface area contributed by atoms with Crippen LogP contribution < -0.4 is 5.73 Å². The number of halogens is 2. The number of hydrogen-bond acceptors (Lipinski definition) is 3. The molecular formula is C14H8ClFN4. The van der Waals surface area contributed by atoms with Gasteiger partial charge in [-0.3, -0.25) is 4.57 Å². The molecule has 6 heteroatoms. The van der Waals surface area contributed by atoms with E-state index in [9.17, 15) is 4.39 Å². The van der Waals surface area contributed by atoms with Crippen LogP contribution in [0, 0.1) is 17.1 Å². The summed E-state index contributed by atoms with van der Waals surface area (Å²) in [5.41, 5.74) is 7.39. The topological polar surface area (TPSA) is 67.6 Å². The summed E-state index contributed by atoms with van der Waals surface area (Å²) in [6.07, 6.45) is 0. The predicted molar refractivity (Wildman–Crippen MR) is 75.2 cm³/mol. The van der Waals surface area contributed by atoms with Crippen LogP contribution in [0.15, 0.2) is 36.4 Å². The summed E-state index contributed by atoms with van der Waals surface area (Å²) in [4.78, 5) is 4.19. The Morgan fingerprint density at radius 3 is 2.85 bits per heavy atom. The molecule has 1 heterocycles. The molecule has 3 rings (SSSR count). The van der Waals surface area contributed by atoms with Crippen LogP contribution in [-0.2, 0) is 0 Å². The maximum atomic E-state index is 13.7. The van der Waals surface area contributed by atoms with Crippen molar-refractivity contribution in [1.29, 1.82) is 5.26 Å². The van der Waals surface area contributed by atoms with Gasteiger partial charge in [0.05, 0.1) is 16.7 Å². The minimum absolute atomic E-state index is 0.0847. The molecule has 0 aliphatic carbocycles. The lowest BCUT2D eigenvalue weighted by atomic mass is 10.1. The molecule has 2 N–H and O–H groups in total. The fourth-order valence-electron chi connectivity index (χ4n) is 2.13. The van der Waals surface area contributed by atoms with E-state index in [2.05, 4.69) is 4.98 Å². The van der Waals surface area contributed by atoms with Crippen LogP contribution in [0.5, 0.6) is 0 Å². The minimum Gasteiger partial charge on any atom is -0.369 e. The summed E-state index contributed by atoms with van der Waals surface area (Å²) in [7, 11) is 0. The van der Waals surface area contributed by atoms with Gasteiger partial charge in [0.2, 0.25) is 5.95 Å². The number of fused-ring (bicyclic) bond motifs is 1. The lowest BCUT2D eigenvalue weighted by molar-refractivity contribution is 0.623. The Bertz CT molecular complexity index is 863. The molecule has 2 aromatic carbocycles. The zero-order chi connectivity index (χ0) is 14.3. The van der Waals surface area contributed by atoms with E-state index in [0.717, 1.165) is 0 Å². The Balaban J connectivity index is 2.41. The molecule has 0 radical (unpaired) electrons. The van der Waals surface area contributed by atoms with Gasteiger partial charge >= 0.3 is 0 Å². The van der Waals surface area contributed by atoms with E-state index in [4.69, 9.17) is 22.6 Å². The van der Waals surface area contributed by atoms with Crippen molar-refractivity contribution >= 4 is 28.6 Å². The van der Waals surface area contributed by atoms with E-state index < -0.39 is 5.82 Å². The SMILES string of the molecule is N#Cc1c(F)cccc1-n1c(N)nc2ccc(Cl)cc21. The van der Waals surface area contributed by atoms with Gasteiger partial charge in [0, 0.05) is 5.02 Å². The first-order valence-electron chi connectivity index (χ1n) is 5.74. The third-order valence-electron chi connectivity index (χ3n) is 2.99. The molecule has 20 heavy (non-hydrogen) atoms. The average molecular weight is 287 g/mol. The van der Waals surface area contributed by atoms with Crippen molar-refractivity contribution in [3.05, 3.63) is 52.8 Å². The zero-order valence-corrected chi connectivity index (χ0v) is 10.9. The number of nitriles is 1. The standard InChI is InChI=1S/C14H8ClFN4/c15-8-4-5-11-13(6-8)20(14(18)19-11)12-3-1-2-10(16)9(12)7-17/h1-6H,(H2,18,19). The first-order valence-corrected chi connectivity index (χ1v) is 6.12. The number of aromatic nitrogens is 2. The van der Waals surface area contributed by atoms with Crippen molar-refractivity contribution in [2.45, 2.75) is 0 Å². The van der Waals surface area contributed by atoms with Gasteiger partial charge in [0.15, 0.2) is 0 Å². The average Bonchev–Trinajstić information content (AvgIpc) is 2.73. The first kappa shape index (κ1) is 12.5. The molecule has 4 nitrogen and oxygen atoms in total. The highest BCUT2D eigenvalue weighted by molar-refractivity contribution is 6.31. The smallest absolute Gasteiger partial charge is 0.205 e. The van der Waals surface area contributed by atoms with Crippen molar-refractivity contribution < 1.29 is 4.39 Å². The van der Waals surface area contributed by atoms with Gasteiger partial charge in [-0.2, -0.15) is 5.26 Å². The number of benzene rings is 2. The van der Waals surface area contributed by atoms with E-state index in [1.807, 2.05) is 6.07 Å². The van der Waals surface area contributed by atoms with Crippen molar-refractivity contribution in [3.63, 3.8) is 0 Å². The minimum atomic E-state index is -0.603. The van der Waals surface area contributed by atoms with E-state index in [-0.39, 0.29) is 11.5 Å². The van der Waals surface area contributed by atoms with Crippen molar-refractivity contribution in [1.82, 2.24) is 9.55 Å². The predicted octanol–water partition coefficient (Wildman–Crippen LogP) is 3.27. The normalized spacial score (nSPS) is 10.7. The molecule has 0 saturated carbocycles. The third kappa shape index (κ3) is 1.78. The Kier molecular flexibility index (Phi) is 2.81. The van der Waals surface area contributed by atoms with E-state index in [1.165, 1.54) is 16.7 Å². The number of nitrogen functional groups attached to an aromatic ring is 1. The van der Waals surface area contributed by atoms with Crippen molar-refractivity contribution in [3.8, 4) is 11.8 Å². The molecule has 98 valence electrons. The molecule has 0 atom stereocenters. The fraction of sp³-hybridized carbons (Fsp3) is 0. The molecule has 0 saturated heterocycles. The highest BCUT2D eigenvalue weighted by Gasteiger charge is 2.15. The van der Waals surface area contributed by atoms with Crippen LogP contribution in [0.4, 0.5) is 10.3 Å². The molecule has 0 aliphatic rings. The van der Waals surface area contributed by atoms with Gasteiger partial charge in [-0.15, -0.1) is 0 Å². The van der Waals surface area contributed by atoms with Crippen LogP contribution >= 0.6 is 11.6 Å². The Hall–Kier alpha value is -2.58. The molecule has 0 spiro atoms. The largest absolute Gasteiger partial charge is 0.369 e. The number of rotatable bonds is 1. The zero-order valence-electron chi connectivity index (χ0n) is 10.1. The van der Waals surface area contributed by atoms with Crippen LogP contribution in [0.3, 0.4) is 0 Å². The molecule has 3 aromatic rings. The van der Waals surface area contributed by atoms with Crippen LogP contribution in [0.25, 0.3) is 16.7 Å². The second kappa shape index (κ2) is 4.51. The highest BCUT2D eigenvalue weighted by atomic mass is 35.5. The molecule has 1 aromatic heterocycles. The number of imidazole rings is 1. The monoisotopic (exact) mass is 286 g/mol. The van der Waals surface area contributed by atoms with Crippen LogP contribution in [0.2, 0.25) is 5.02 Å². The van der Waals surface area contributed by atoms with Gasteiger partial charge in [-0.1, -0.05) is 17.7 Å². The number of anilines is 1. The van der Waals surface area contributed by atoms with Gasteiger partial charge in [0.25, 0.3) is 0 Å². The summed E-state index contributed by atoms with van der Waals surface area (Å²) in [6.45, 7) is 0. The highest BCUT2D eigenvalue weighted by Crippen LogP contribution is 2.28. The van der Waals surface area contributed by atoms with E-state index >= 15 is 0 Å². The van der Waals surface area contributed by atoms with Gasteiger partial charge < -0.3 is 5.73 Å². The second-order valence-corrected chi connectivity index (χ2v) is 4.62. The van der Waals surface area contributed by atoms with Crippen LogP contribution in [0.1, 0.15) is 5.56 Å². The number of nitrogens with two attached hydrogens (primary N) is 1. The third-order valence-corrected chi connectivity index (χ3v) is 3.22. The quantitative estimate of drug-likeness (QED) is 0.746. The maximum absolute atomic E-state index is 13.7. The molecule has 0 aliphatic heterocycles. The van der Waals surface area contributed by atoms with Crippen molar-refractivity contribution in [2.24, 2.45) is 0 Å². The lowest BCUT2D eigenvalue weighted by Gasteiger charge is -2.09. The molecule has 0 fully saturated rings.